The van der Waals surface area contributed by atoms with Crippen LogP contribution in [0.2, 0.25) is 10.3 Å². The molecular weight excluding hydrogens is 708 g/mol. The molecule has 43 heavy (non-hydrogen) atoms. The molecule has 0 unspecified atom stereocenters. The third-order valence-electron chi connectivity index (χ3n) is 5.01. The maximum atomic E-state index is 13.2. The molecule has 0 atom stereocenters. The molecule has 0 aliphatic carbocycles. The van der Waals surface area contributed by atoms with Crippen molar-refractivity contribution < 1.29 is 8.78 Å². The quantitative estimate of drug-likeness (QED) is 0.148. The molecule has 6 aromatic rings. The summed E-state index contributed by atoms with van der Waals surface area (Å²) in [4.78, 5) is 15.4. The molecule has 0 spiro atoms. The summed E-state index contributed by atoms with van der Waals surface area (Å²) >= 11 is 13.8. The molecular formula is C30H17Cl2F2IN8. The van der Waals surface area contributed by atoms with Crippen LogP contribution in [0, 0.1) is 39.4 Å². The second-order valence-corrected chi connectivity index (χ2v) is 9.92. The van der Waals surface area contributed by atoms with Gasteiger partial charge in [0.25, 0.3) is 0 Å². The highest BCUT2D eigenvalue weighted by Gasteiger charge is 2.07. The molecule has 0 amide bonds. The largest absolute Gasteiger partial charge is 0.259 e. The van der Waals surface area contributed by atoms with Gasteiger partial charge >= 0.3 is 0 Å². The van der Waals surface area contributed by atoms with Crippen LogP contribution >= 0.6 is 45.8 Å². The second-order valence-electron chi connectivity index (χ2n) is 8.04. The van der Waals surface area contributed by atoms with Gasteiger partial charge in [-0.3, -0.25) is 9.97 Å². The van der Waals surface area contributed by atoms with Crippen molar-refractivity contribution in [2.24, 2.45) is 0 Å². The van der Waals surface area contributed by atoms with Crippen LogP contribution in [0.25, 0.3) is 11.4 Å². The van der Waals surface area contributed by atoms with Gasteiger partial charge in [0.1, 0.15) is 23.0 Å². The summed E-state index contributed by atoms with van der Waals surface area (Å²) < 4.78 is 29.7. The van der Waals surface area contributed by atoms with Gasteiger partial charge in [-0.15, -0.1) is 6.42 Å². The number of rotatable bonds is 2. The maximum absolute atomic E-state index is 13.2. The van der Waals surface area contributed by atoms with Crippen LogP contribution in [0.4, 0.5) is 8.78 Å². The van der Waals surface area contributed by atoms with Crippen LogP contribution < -0.4 is 0 Å². The Morgan fingerprint density at radius 2 is 1.28 bits per heavy atom. The lowest BCUT2D eigenvalue weighted by Crippen LogP contribution is -1.95. The Hall–Kier alpha value is -4.69. The molecule has 6 aromatic heterocycles. The Labute approximate surface area is 268 Å². The fraction of sp³-hybridized carbons (Fsp3) is 0. The van der Waals surface area contributed by atoms with Gasteiger partial charge in [0.2, 0.25) is 0 Å². The van der Waals surface area contributed by atoms with E-state index < -0.39 is 11.6 Å². The van der Waals surface area contributed by atoms with Gasteiger partial charge in [-0.1, -0.05) is 47.2 Å². The Kier molecular flexibility index (Phi) is 11.3. The van der Waals surface area contributed by atoms with Crippen LogP contribution in [0.15, 0.2) is 98.1 Å². The van der Waals surface area contributed by atoms with E-state index >= 15 is 0 Å². The smallest absolute Gasteiger partial charge is 0.167 e. The summed E-state index contributed by atoms with van der Waals surface area (Å²) in [5.41, 5.74) is 2.88. The van der Waals surface area contributed by atoms with E-state index in [0.717, 1.165) is 16.0 Å². The zero-order valence-electron chi connectivity index (χ0n) is 21.8. The van der Waals surface area contributed by atoms with Crippen LogP contribution in [0.3, 0.4) is 0 Å². The van der Waals surface area contributed by atoms with E-state index in [4.69, 9.17) is 29.6 Å². The molecule has 0 aliphatic heterocycles. The average Bonchev–Trinajstić information content (AvgIpc) is 3.58. The molecule has 0 bridgehead atoms. The number of halogens is 5. The molecule has 6 heterocycles. The minimum absolute atomic E-state index is 0.239. The monoisotopic (exact) mass is 724 g/mol. The third kappa shape index (κ3) is 9.41. The highest BCUT2D eigenvalue weighted by atomic mass is 127. The number of hydrogen-bond donors (Lipinski definition) is 0. The first-order chi connectivity index (χ1) is 20.8. The minimum Gasteiger partial charge on any atom is -0.259 e. The lowest BCUT2D eigenvalue weighted by molar-refractivity contribution is 0.618. The Balaban J connectivity index is 0.000000165. The highest BCUT2D eigenvalue weighted by molar-refractivity contribution is 14.1. The molecule has 0 N–H and O–H groups in total. The van der Waals surface area contributed by atoms with Crippen molar-refractivity contribution in [3.8, 4) is 35.6 Å². The zero-order chi connectivity index (χ0) is 30.6. The van der Waals surface area contributed by atoms with Gasteiger partial charge in [0.05, 0.1) is 45.3 Å². The molecule has 0 saturated carbocycles. The molecule has 212 valence electrons. The van der Waals surface area contributed by atoms with E-state index in [0.29, 0.717) is 33.5 Å². The van der Waals surface area contributed by atoms with Gasteiger partial charge in [0.15, 0.2) is 10.3 Å². The maximum Gasteiger partial charge on any atom is 0.167 e. The van der Waals surface area contributed by atoms with Crippen molar-refractivity contribution >= 4 is 45.8 Å². The van der Waals surface area contributed by atoms with Crippen LogP contribution in [-0.4, -0.2) is 39.5 Å². The fourth-order valence-electron chi connectivity index (χ4n) is 3.10. The van der Waals surface area contributed by atoms with E-state index in [1.165, 1.54) is 33.9 Å². The Morgan fingerprint density at radius 1 is 0.721 bits per heavy atom. The summed E-state index contributed by atoms with van der Waals surface area (Å²) in [7, 11) is 0. The predicted octanol–water partition coefficient (Wildman–Crippen LogP) is 6.58. The number of hydrogen-bond acceptors (Lipinski definition) is 6. The fourth-order valence-corrected chi connectivity index (χ4v) is 3.78. The Morgan fingerprint density at radius 3 is 1.74 bits per heavy atom. The molecule has 0 aliphatic rings. The first kappa shape index (κ1) is 31.3. The van der Waals surface area contributed by atoms with E-state index in [2.05, 4.69) is 70.5 Å². The Bertz CT molecular complexity index is 1890. The van der Waals surface area contributed by atoms with Crippen molar-refractivity contribution in [3.63, 3.8) is 0 Å². The number of aromatic nitrogens is 8. The van der Waals surface area contributed by atoms with Crippen LogP contribution in [0.1, 0.15) is 17.0 Å². The zero-order valence-corrected chi connectivity index (χ0v) is 25.5. The number of terminal acetylenes is 1. The van der Waals surface area contributed by atoms with Gasteiger partial charge < -0.3 is 0 Å². The number of nitrogens with zero attached hydrogens (tertiary/aromatic N) is 8. The van der Waals surface area contributed by atoms with Crippen molar-refractivity contribution in [2.45, 2.75) is 0 Å². The van der Waals surface area contributed by atoms with Crippen molar-refractivity contribution in [1.82, 2.24) is 39.5 Å². The van der Waals surface area contributed by atoms with Gasteiger partial charge in [-0.05, 0) is 52.8 Å². The molecule has 13 heteroatoms. The van der Waals surface area contributed by atoms with Gasteiger partial charge in [-0.2, -0.15) is 10.2 Å². The highest BCUT2D eigenvalue weighted by Crippen LogP contribution is 2.18. The van der Waals surface area contributed by atoms with E-state index in [9.17, 15) is 8.78 Å². The minimum atomic E-state index is -0.444. The molecule has 0 radical (unpaired) electrons. The lowest BCUT2D eigenvalue weighted by atomic mass is 10.3. The van der Waals surface area contributed by atoms with Gasteiger partial charge in [0, 0.05) is 36.9 Å². The second kappa shape index (κ2) is 15.5. The first-order valence-electron chi connectivity index (χ1n) is 12.0. The normalized spacial score (nSPS) is 9.77. The van der Waals surface area contributed by atoms with E-state index in [1.807, 2.05) is 24.3 Å². The predicted molar refractivity (Wildman–Crippen MR) is 168 cm³/mol. The third-order valence-corrected chi connectivity index (χ3v) is 6.68. The summed E-state index contributed by atoms with van der Waals surface area (Å²) in [5.74, 6) is 7.35. The summed E-state index contributed by atoms with van der Waals surface area (Å²) in [6.45, 7) is 0. The van der Waals surface area contributed by atoms with Crippen molar-refractivity contribution in [1.29, 1.82) is 0 Å². The summed E-state index contributed by atoms with van der Waals surface area (Å²) in [6, 6.07) is 13.6. The number of pyridine rings is 4. The summed E-state index contributed by atoms with van der Waals surface area (Å²) in [6.07, 6.45) is 17.0. The van der Waals surface area contributed by atoms with Crippen LogP contribution in [-0.2, 0) is 0 Å². The van der Waals surface area contributed by atoms with Crippen LogP contribution in [0.5, 0.6) is 0 Å². The standard InChI is InChI=1S/C15H8ClFN4.C8H4ClFIN3.C7H5N/c16-15-11(4-5-13-3-1-2-6-19-13)10-21(20-15)14-7-12(17)8-18-9-14;9-8-7(11)4-14(13-8)6-1-5(10)2-12-3-6;1-2-7-5-3-4-6-8-7/h1-3,6-10H;1-4H;1,3-6H. The van der Waals surface area contributed by atoms with Gasteiger partial charge in [-0.25, -0.2) is 28.1 Å². The summed E-state index contributed by atoms with van der Waals surface area (Å²) in [5, 5.41) is 8.71. The molecule has 0 fully saturated rings. The molecule has 6 rings (SSSR count). The molecule has 0 aromatic carbocycles. The molecule has 0 saturated heterocycles. The first-order valence-corrected chi connectivity index (χ1v) is 13.8. The van der Waals surface area contributed by atoms with E-state index in [-0.39, 0.29) is 5.15 Å². The molecule has 8 nitrogen and oxygen atoms in total. The SMILES string of the molecule is C#Cc1ccccn1.Fc1cncc(-n2cc(C#Cc3ccccn3)c(Cl)n2)c1.Fc1cncc(-n2cc(I)c(Cl)n2)c1. The van der Waals surface area contributed by atoms with Crippen molar-refractivity contribution in [2.75, 3.05) is 0 Å². The lowest BCUT2D eigenvalue weighted by Gasteiger charge is -1.98. The average molecular weight is 725 g/mol. The topological polar surface area (TPSA) is 87.2 Å². The van der Waals surface area contributed by atoms with E-state index in [1.54, 1.807) is 36.9 Å². The van der Waals surface area contributed by atoms with Crippen molar-refractivity contribution in [3.05, 3.63) is 141 Å².